The molecule has 0 unspecified atom stereocenters. The number of imidazole rings is 1. The lowest BCUT2D eigenvalue weighted by molar-refractivity contribution is -0.133. The zero-order valence-corrected chi connectivity index (χ0v) is 12.4. The molecule has 1 aromatic carbocycles. The molecule has 0 aliphatic carbocycles. The molecule has 0 amide bonds. The Morgan fingerprint density at radius 1 is 1.36 bits per heavy atom. The van der Waals surface area contributed by atoms with Crippen LogP contribution in [0.1, 0.15) is 5.56 Å². The van der Waals surface area contributed by atoms with Crippen LogP contribution in [-0.2, 0) is 16.1 Å². The van der Waals surface area contributed by atoms with Crippen molar-refractivity contribution in [2.75, 3.05) is 7.11 Å². The largest absolute Gasteiger partial charge is 0.459 e. The number of aromatic nitrogens is 3. The summed E-state index contributed by atoms with van der Waals surface area (Å²) in [5.74, 6) is 5.80. The number of hydrogen-bond acceptors (Lipinski definition) is 3. The molecule has 0 saturated carbocycles. The molecule has 5 nitrogen and oxygen atoms in total. The molecule has 0 N–H and O–H groups in total. The summed E-state index contributed by atoms with van der Waals surface area (Å²) in [5.41, 5.74) is 2.22. The van der Waals surface area contributed by atoms with Gasteiger partial charge in [0.05, 0.1) is 19.2 Å². The number of carbonyl (C=O) groups is 1. The highest BCUT2D eigenvalue weighted by Crippen LogP contribution is 2.28. The van der Waals surface area contributed by atoms with E-state index < -0.39 is 5.97 Å². The molecule has 2 aromatic heterocycles. The summed E-state index contributed by atoms with van der Waals surface area (Å²) < 4.78 is 8.57. The first-order valence-corrected chi connectivity index (χ1v) is 6.85. The maximum Gasteiger partial charge on any atom is 0.384 e. The molecule has 0 aliphatic heterocycles. The molecule has 3 rings (SSSR count). The SMILES string of the molecule is COC(=O)C#CCn1c(-n2ccnc2)c(C)c2ccccc21. The normalized spacial score (nSPS) is 10.3. The van der Waals surface area contributed by atoms with Gasteiger partial charge in [0.15, 0.2) is 0 Å². The standard InChI is InChI=1S/C17H15N3O2/c1-13-14-6-3-4-7-15(14)20(10-5-8-16(21)22-2)17(13)19-11-9-18-12-19/h3-4,6-7,9,11-12H,10H2,1-2H3. The lowest BCUT2D eigenvalue weighted by atomic mass is 10.2. The average Bonchev–Trinajstić information content (AvgIpc) is 3.15. The number of carbonyl (C=O) groups excluding carboxylic acids is 1. The van der Waals surface area contributed by atoms with Crippen LogP contribution in [0, 0.1) is 18.8 Å². The number of ether oxygens (including phenoxy) is 1. The van der Waals surface area contributed by atoms with E-state index in [2.05, 4.69) is 39.1 Å². The maximum absolute atomic E-state index is 11.2. The number of para-hydroxylation sites is 1. The highest BCUT2D eigenvalue weighted by molar-refractivity contribution is 5.89. The van der Waals surface area contributed by atoms with E-state index in [1.807, 2.05) is 29.0 Å². The Morgan fingerprint density at radius 3 is 2.91 bits per heavy atom. The smallest absolute Gasteiger partial charge is 0.384 e. The minimum atomic E-state index is -0.530. The second-order valence-electron chi connectivity index (χ2n) is 4.82. The van der Waals surface area contributed by atoms with Gasteiger partial charge in [-0.1, -0.05) is 24.1 Å². The van der Waals surface area contributed by atoms with Crippen LogP contribution in [0.25, 0.3) is 16.7 Å². The van der Waals surface area contributed by atoms with Crippen LogP contribution in [-0.4, -0.2) is 27.2 Å². The first-order valence-electron chi connectivity index (χ1n) is 6.85. The summed E-state index contributed by atoms with van der Waals surface area (Å²) in [7, 11) is 1.32. The predicted molar refractivity (Wildman–Crippen MR) is 83.6 cm³/mol. The van der Waals surface area contributed by atoms with Gasteiger partial charge >= 0.3 is 5.97 Å². The van der Waals surface area contributed by atoms with Crippen molar-refractivity contribution in [3.63, 3.8) is 0 Å². The Morgan fingerprint density at radius 2 is 2.18 bits per heavy atom. The van der Waals surface area contributed by atoms with Crippen LogP contribution < -0.4 is 0 Å². The molecule has 5 heteroatoms. The molecule has 22 heavy (non-hydrogen) atoms. The number of methoxy groups -OCH3 is 1. The van der Waals surface area contributed by atoms with Crippen molar-refractivity contribution in [1.29, 1.82) is 0 Å². The van der Waals surface area contributed by atoms with Crippen LogP contribution in [0.2, 0.25) is 0 Å². The van der Waals surface area contributed by atoms with Crippen LogP contribution >= 0.6 is 0 Å². The van der Waals surface area contributed by atoms with Crippen molar-refractivity contribution in [1.82, 2.24) is 14.1 Å². The molecule has 0 aliphatic rings. The molecule has 0 spiro atoms. The zero-order valence-electron chi connectivity index (χ0n) is 12.4. The number of hydrogen-bond donors (Lipinski definition) is 0. The fourth-order valence-corrected chi connectivity index (χ4v) is 2.58. The molecule has 3 aromatic rings. The van der Waals surface area contributed by atoms with Crippen molar-refractivity contribution in [2.24, 2.45) is 0 Å². The van der Waals surface area contributed by atoms with Gasteiger partial charge in [0.1, 0.15) is 12.1 Å². The number of rotatable bonds is 2. The Balaban J connectivity index is 2.15. The summed E-state index contributed by atoms with van der Waals surface area (Å²) in [6.07, 6.45) is 5.39. The maximum atomic E-state index is 11.2. The quantitative estimate of drug-likeness (QED) is 0.414. The van der Waals surface area contributed by atoms with E-state index in [1.165, 1.54) is 7.11 Å². The van der Waals surface area contributed by atoms with E-state index in [1.54, 1.807) is 12.5 Å². The van der Waals surface area contributed by atoms with E-state index in [9.17, 15) is 4.79 Å². The number of fused-ring (bicyclic) bond motifs is 1. The summed E-state index contributed by atoms with van der Waals surface area (Å²) in [4.78, 5) is 15.3. The van der Waals surface area contributed by atoms with E-state index in [-0.39, 0.29) is 0 Å². The fraction of sp³-hybridized carbons (Fsp3) is 0.176. The first kappa shape index (κ1) is 14.0. The van der Waals surface area contributed by atoms with Crippen LogP contribution in [0.15, 0.2) is 43.0 Å². The number of esters is 1. The summed E-state index contributed by atoms with van der Waals surface area (Å²) in [6, 6.07) is 8.12. The molecule has 2 heterocycles. The van der Waals surface area contributed by atoms with Crippen molar-refractivity contribution in [2.45, 2.75) is 13.5 Å². The Bertz CT molecular complexity index is 880. The third kappa shape index (κ3) is 2.35. The monoisotopic (exact) mass is 293 g/mol. The average molecular weight is 293 g/mol. The van der Waals surface area contributed by atoms with E-state index in [0.29, 0.717) is 6.54 Å². The van der Waals surface area contributed by atoms with E-state index in [0.717, 1.165) is 22.3 Å². The Kier molecular flexibility index (Phi) is 3.67. The van der Waals surface area contributed by atoms with Crippen LogP contribution in [0.3, 0.4) is 0 Å². The van der Waals surface area contributed by atoms with E-state index >= 15 is 0 Å². The van der Waals surface area contributed by atoms with Gasteiger partial charge in [-0.2, -0.15) is 0 Å². The molecular weight excluding hydrogens is 278 g/mol. The van der Waals surface area contributed by atoms with Crippen molar-refractivity contribution in [3.05, 3.63) is 48.5 Å². The fourth-order valence-electron chi connectivity index (χ4n) is 2.58. The number of nitrogens with zero attached hydrogens (tertiary/aromatic N) is 3. The Labute approximate surface area is 128 Å². The van der Waals surface area contributed by atoms with Gasteiger partial charge in [-0.25, -0.2) is 9.78 Å². The highest BCUT2D eigenvalue weighted by Gasteiger charge is 2.14. The highest BCUT2D eigenvalue weighted by atomic mass is 16.5. The summed E-state index contributed by atoms with van der Waals surface area (Å²) >= 11 is 0. The molecule has 0 saturated heterocycles. The second kappa shape index (κ2) is 5.78. The van der Waals surface area contributed by atoms with Crippen molar-refractivity contribution in [3.8, 4) is 17.7 Å². The third-order valence-corrected chi connectivity index (χ3v) is 3.55. The summed E-state index contributed by atoms with van der Waals surface area (Å²) in [5, 5.41) is 1.16. The van der Waals surface area contributed by atoms with Crippen LogP contribution in [0.5, 0.6) is 0 Å². The third-order valence-electron chi connectivity index (χ3n) is 3.55. The Hall–Kier alpha value is -3.00. The summed E-state index contributed by atoms with van der Waals surface area (Å²) in [6.45, 7) is 2.47. The van der Waals surface area contributed by atoms with Gasteiger partial charge in [-0.15, -0.1) is 0 Å². The minimum Gasteiger partial charge on any atom is -0.459 e. The van der Waals surface area contributed by atoms with Crippen molar-refractivity contribution < 1.29 is 9.53 Å². The van der Waals surface area contributed by atoms with Gasteiger partial charge in [0.25, 0.3) is 0 Å². The lowest BCUT2D eigenvalue weighted by Crippen LogP contribution is -2.05. The molecular formula is C17H15N3O2. The predicted octanol–water partition coefficient (Wildman–Crippen LogP) is 2.31. The molecule has 0 atom stereocenters. The second-order valence-corrected chi connectivity index (χ2v) is 4.82. The molecule has 110 valence electrons. The lowest BCUT2D eigenvalue weighted by Gasteiger charge is -2.08. The van der Waals surface area contributed by atoms with E-state index in [4.69, 9.17) is 0 Å². The molecule has 0 bridgehead atoms. The molecule has 0 fully saturated rings. The van der Waals surface area contributed by atoms with Crippen LogP contribution in [0.4, 0.5) is 0 Å². The van der Waals surface area contributed by atoms with Gasteiger partial charge < -0.3 is 9.30 Å². The number of benzene rings is 1. The van der Waals surface area contributed by atoms with Gasteiger partial charge in [0, 0.05) is 23.7 Å². The minimum absolute atomic E-state index is 0.400. The zero-order chi connectivity index (χ0) is 15.5. The van der Waals surface area contributed by atoms with Gasteiger partial charge in [-0.3, -0.25) is 4.57 Å². The molecule has 0 radical (unpaired) electrons. The first-order chi connectivity index (χ1) is 10.7. The van der Waals surface area contributed by atoms with Gasteiger partial charge in [-0.05, 0) is 18.6 Å². The number of aryl methyl sites for hydroxylation is 1. The van der Waals surface area contributed by atoms with Crippen molar-refractivity contribution >= 4 is 16.9 Å². The van der Waals surface area contributed by atoms with Gasteiger partial charge in [0.2, 0.25) is 0 Å². The topological polar surface area (TPSA) is 49.0 Å².